The SMILES string of the molecule is CCOc1ccc(CCC(=O)Nc2nc3ccccc3s2)cc1OC. The van der Waals surface area contributed by atoms with Crippen molar-refractivity contribution in [1.29, 1.82) is 0 Å². The van der Waals surface area contributed by atoms with Crippen molar-refractivity contribution >= 4 is 32.6 Å². The number of hydrogen-bond donors (Lipinski definition) is 1. The Hall–Kier alpha value is -2.60. The number of para-hydroxylation sites is 1. The first-order chi connectivity index (χ1) is 12.2. The second kappa shape index (κ2) is 7.98. The van der Waals surface area contributed by atoms with Crippen molar-refractivity contribution in [2.45, 2.75) is 19.8 Å². The third kappa shape index (κ3) is 4.28. The van der Waals surface area contributed by atoms with E-state index < -0.39 is 0 Å². The molecule has 3 rings (SSSR count). The van der Waals surface area contributed by atoms with Crippen molar-refractivity contribution in [2.75, 3.05) is 19.0 Å². The number of aromatic nitrogens is 1. The summed E-state index contributed by atoms with van der Waals surface area (Å²) >= 11 is 1.48. The topological polar surface area (TPSA) is 60.5 Å². The average molecular weight is 356 g/mol. The lowest BCUT2D eigenvalue weighted by Gasteiger charge is -2.10. The van der Waals surface area contributed by atoms with Crippen LogP contribution in [0.2, 0.25) is 0 Å². The third-order valence-corrected chi connectivity index (χ3v) is 4.66. The van der Waals surface area contributed by atoms with Gasteiger partial charge in [-0.1, -0.05) is 29.5 Å². The van der Waals surface area contributed by atoms with Crippen LogP contribution in [-0.4, -0.2) is 24.6 Å². The Morgan fingerprint density at radius 1 is 1.20 bits per heavy atom. The number of hydrogen-bond acceptors (Lipinski definition) is 5. The zero-order valence-electron chi connectivity index (χ0n) is 14.2. The first-order valence-corrected chi connectivity index (χ1v) is 8.96. The van der Waals surface area contributed by atoms with Crippen LogP contribution in [0.15, 0.2) is 42.5 Å². The molecule has 0 unspecified atom stereocenters. The van der Waals surface area contributed by atoms with Crippen LogP contribution >= 0.6 is 11.3 Å². The molecule has 2 aromatic carbocycles. The molecular weight excluding hydrogens is 336 g/mol. The molecule has 0 aliphatic carbocycles. The number of nitrogens with zero attached hydrogens (tertiary/aromatic N) is 1. The number of methoxy groups -OCH3 is 1. The zero-order valence-corrected chi connectivity index (χ0v) is 15.1. The molecular formula is C19H20N2O3S. The molecule has 0 spiro atoms. The number of fused-ring (bicyclic) bond motifs is 1. The number of amides is 1. The summed E-state index contributed by atoms with van der Waals surface area (Å²) in [6, 6.07) is 13.6. The molecule has 130 valence electrons. The molecule has 6 heteroatoms. The fourth-order valence-electron chi connectivity index (χ4n) is 2.51. The Bertz CT molecular complexity index is 843. The van der Waals surface area contributed by atoms with E-state index in [0.29, 0.717) is 36.1 Å². The number of thiazole rings is 1. The van der Waals surface area contributed by atoms with Gasteiger partial charge in [0.25, 0.3) is 0 Å². The number of rotatable bonds is 7. The van der Waals surface area contributed by atoms with E-state index in [0.717, 1.165) is 15.8 Å². The van der Waals surface area contributed by atoms with Gasteiger partial charge in [0.15, 0.2) is 16.6 Å². The van der Waals surface area contributed by atoms with Gasteiger partial charge in [0, 0.05) is 6.42 Å². The summed E-state index contributed by atoms with van der Waals surface area (Å²) in [6.07, 6.45) is 1.01. The van der Waals surface area contributed by atoms with E-state index in [1.165, 1.54) is 11.3 Å². The molecule has 1 N–H and O–H groups in total. The lowest BCUT2D eigenvalue weighted by molar-refractivity contribution is -0.116. The van der Waals surface area contributed by atoms with Gasteiger partial charge in [-0.25, -0.2) is 4.98 Å². The van der Waals surface area contributed by atoms with Gasteiger partial charge in [0.2, 0.25) is 5.91 Å². The number of carbonyl (C=O) groups excluding carboxylic acids is 1. The van der Waals surface area contributed by atoms with Gasteiger partial charge >= 0.3 is 0 Å². The van der Waals surface area contributed by atoms with Crippen molar-refractivity contribution in [2.24, 2.45) is 0 Å². The number of anilines is 1. The van der Waals surface area contributed by atoms with Crippen molar-refractivity contribution in [1.82, 2.24) is 4.98 Å². The Morgan fingerprint density at radius 2 is 2.04 bits per heavy atom. The normalized spacial score (nSPS) is 10.6. The van der Waals surface area contributed by atoms with Crippen LogP contribution in [0.25, 0.3) is 10.2 Å². The summed E-state index contributed by atoms with van der Waals surface area (Å²) in [4.78, 5) is 16.6. The van der Waals surface area contributed by atoms with E-state index in [9.17, 15) is 4.79 Å². The zero-order chi connectivity index (χ0) is 17.6. The average Bonchev–Trinajstić information content (AvgIpc) is 3.03. The van der Waals surface area contributed by atoms with Crippen LogP contribution in [0.4, 0.5) is 5.13 Å². The van der Waals surface area contributed by atoms with Crippen LogP contribution in [0.5, 0.6) is 11.5 Å². The first kappa shape index (κ1) is 17.2. The molecule has 0 fully saturated rings. The summed E-state index contributed by atoms with van der Waals surface area (Å²) < 4.78 is 11.9. The highest BCUT2D eigenvalue weighted by Crippen LogP contribution is 2.29. The Morgan fingerprint density at radius 3 is 2.80 bits per heavy atom. The molecule has 0 saturated heterocycles. The summed E-state index contributed by atoms with van der Waals surface area (Å²) in [5.74, 6) is 1.35. The maximum atomic E-state index is 12.2. The second-order valence-electron chi connectivity index (χ2n) is 5.45. The largest absolute Gasteiger partial charge is 0.493 e. The maximum Gasteiger partial charge on any atom is 0.226 e. The molecule has 0 radical (unpaired) electrons. The highest BCUT2D eigenvalue weighted by atomic mass is 32.1. The molecule has 3 aromatic rings. The third-order valence-electron chi connectivity index (χ3n) is 3.71. The van der Waals surface area contributed by atoms with Crippen LogP contribution in [0, 0.1) is 0 Å². The lowest BCUT2D eigenvalue weighted by atomic mass is 10.1. The van der Waals surface area contributed by atoms with Crippen LogP contribution in [0.3, 0.4) is 0 Å². The number of ether oxygens (including phenoxy) is 2. The maximum absolute atomic E-state index is 12.2. The van der Waals surface area contributed by atoms with E-state index in [-0.39, 0.29) is 5.91 Å². The highest BCUT2D eigenvalue weighted by Gasteiger charge is 2.10. The molecule has 0 saturated carbocycles. The van der Waals surface area contributed by atoms with Crippen LogP contribution < -0.4 is 14.8 Å². The standard InChI is InChI=1S/C19H20N2O3S/c1-3-24-15-10-8-13(12-16(15)23-2)9-11-18(22)21-19-20-14-6-4-5-7-17(14)25-19/h4-8,10,12H,3,9,11H2,1-2H3,(H,20,21,22). The minimum absolute atomic E-state index is 0.0492. The van der Waals surface area contributed by atoms with Crippen molar-refractivity contribution in [3.63, 3.8) is 0 Å². The van der Waals surface area contributed by atoms with Crippen molar-refractivity contribution in [3.05, 3.63) is 48.0 Å². The quantitative estimate of drug-likeness (QED) is 0.686. The monoisotopic (exact) mass is 356 g/mol. The van der Waals surface area contributed by atoms with Gasteiger partial charge in [0.05, 0.1) is 23.9 Å². The smallest absolute Gasteiger partial charge is 0.226 e. The van der Waals surface area contributed by atoms with Gasteiger partial charge in [-0.05, 0) is 43.2 Å². The van der Waals surface area contributed by atoms with Gasteiger partial charge in [-0.2, -0.15) is 0 Å². The predicted molar refractivity (Wildman–Crippen MR) is 101 cm³/mol. The molecule has 0 aliphatic heterocycles. The first-order valence-electron chi connectivity index (χ1n) is 8.14. The van der Waals surface area contributed by atoms with Crippen LogP contribution in [0.1, 0.15) is 18.9 Å². The summed E-state index contributed by atoms with van der Waals surface area (Å²) in [5, 5.41) is 3.51. The van der Waals surface area contributed by atoms with E-state index >= 15 is 0 Å². The molecule has 0 aliphatic rings. The van der Waals surface area contributed by atoms with E-state index in [1.807, 2.05) is 49.4 Å². The van der Waals surface area contributed by atoms with E-state index in [2.05, 4.69) is 10.3 Å². The van der Waals surface area contributed by atoms with Crippen LogP contribution in [-0.2, 0) is 11.2 Å². The van der Waals surface area contributed by atoms with E-state index in [4.69, 9.17) is 9.47 Å². The molecule has 1 heterocycles. The molecule has 0 bridgehead atoms. The molecule has 1 aromatic heterocycles. The minimum Gasteiger partial charge on any atom is -0.493 e. The lowest BCUT2D eigenvalue weighted by Crippen LogP contribution is -2.12. The van der Waals surface area contributed by atoms with Gasteiger partial charge in [-0.3, -0.25) is 4.79 Å². The molecule has 0 atom stereocenters. The van der Waals surface area contributed by atoms with Gasteiger partial charge in [0.1, 0.15) is 0 Å². The molecule has 5 nitrogen and oxygen atoms in total. The Kier molecular flexibility index (Phi) is 5.50. The predicted octanol–water partition coefficient (Wildman–Crippen LogP) is 4.27. The Labute approximate surface area is 150 Å². The number of carbonyl (C=O) groups is 1. The molecule has 1 amide bonds. The van der Waals surface area contributed by atoms with Gasteiger partial charge in [-0.15, -0.1) is 0 Å². The summed E-state index contributed by atoms with van der Waals surface area (Å²) in [5.41, 5.74) is 1.93. The Balaban J connectivity index is 1.60. The summed E-state index contributed by atoms with van der Waals surface area (Å²) in [6.45, 7) is 2.51. The van der Waals surface area contributed by atoms with Gasteiger partial charge < -0.3 is 14.8 Å². The molecule has 25 heavy (non-hydrogen) atoms. The number of benzene rings is 2. The summed E-state index contributed by atoms with van der Waals surface area (Å²) in [7, 11) is 1.61. The second-order valence-corrected chi connectivity index (χ2v) is 6.48. The van der Waals surface area contributed by atoms with Crippen molar-refractivity contribution in [3.8, 4) is 11.5 Å². The number of aryl methyl sites for hydroxylation is 1. The minimum atomic E-state index is -0.0492. The number of nitrogens with one attached hydrogen (secondary N) is 1. The fraction of sp³-hybridized carbons (Fsp3) is 0.263. The highest BCUT2D eigenvalue weighted by molar-refractivity contribution is 7.22. The van der Waals surface area contributed by atoms with E-state index in [1.54, 1.807) is 7.11 Å². The van der Waals surface area contributed by atoms with Crippen molar-refractivity contribution < 1.29 is 14.3 Å². The fourth-order valence-corrected chi connectivity index (χ4v) is 3.39.